The molecule has 2 rings (SSSR count). The summed E-state index contributed by atoms with van der Waals surface area (Å²) in [6, 6.07) is 2.10. The minimum atomic E-state index is 0.146. The maximum Gasteiger partial charge on any atom is 0.0540 e. The largest absolute Gasteiger partial charge is 0.395 e. The minimum absolute atomic E-state index is 0.146. The predicted octanol–water partition coefficient (Wildman–Crippen LogP) is 3.74. The van der Waals surface area contributed by atoms with Gasteiger partial charge in [-0.15, -0.1) is 11.3 Å². The number of thiophene rings is 1. The summed E-state index contributed by atoms with van der Waals surface area (Å²) in [6.45, 7) is 10.7. The Balaban J connectivity index is 1.90. The van der Waals surface area contributed by atoms with Crippen molar-refractivity contribution in [3.8, 4) is 11.8 Å². The Bertz CT molecular complexity index is 495. The first kappa shape index (κ1) is 16.5. The summed E-state index contributed by atoms with van der Waals surface area (Å²) in [7, 11) is 0. The summed E-state index contributed by atoms with van der Waals surface area (Å²) < 4.78 is 0. The first-order valence-corrected chi connectivity index (χ1v) is 8.77. The van der Waals surface area contributed by atoms with Crippen LogP contribution in [0, 0.1) is 23.2 Å². The second kappa shape index (κ2) is 7.45. The Kier molecular flexibility index (Phi) is 5.87. The van der Waals surface area contributed by atoms with E-state index in [9.17, 15) is 0 Å². The first-order chi connectivity index (χ1) is 10.0. The van der Waals surface area contributed by atoms with E-state index in [0.717, 1.165) is 18.0 Å². The van der Waals surface area contributed by atoms with E-state index in [1.165, 1.54) is 30.8 Å². The van der Waals surface area contributed by atoms with E-state index < -0.39 is 0 Å². The van der Waals surface area contributed by atoms with Crippen LogP contribution in [0.15, 0.2) is 11.4 Å². The molecule has 0 aromatic carbocycles. The molecule has 1 aliphatic heterocycles. The Morgan fingerprint density at radius 2 is 2.05 bits per heavy atom. The summed E-state index contributed by atoms with van der Waals surface area (Å²) in [5.41, 5.74) is 1.59. The summed E-state index contributed by atoms with van der Waals surface area (Å²) in [4.78, 5) is 3.93. The van der Waals surface area contributed by atoms with Crippen LogP contribution in [0.3, 0.4) is 0 Å². The summed E-state index contributed by atoms with van der Waals surface area (Å²) in [5.74, 6) is 7.07. The van der Waals surface area contributed by atoms with Gasteiger partial charge < -0.3 is 5.11 Å². The van der Waals surface area contributed by atoms with Gasteiger partial charge in [0.15, 0.2) is 0 Å². The van der Waals surface area contributed by atoms with E-state index in [-0.39, 0.29) is 6.61 Å². The van der Waals surface area contributed by atoms with Crippen molar-refractivity contribution in [1.29, 1.82) is 0 Å². The molecule has 0 spiro atoms. The molecule has 0 atom stereocenters. The summed E-state index contributed by atoms with van der Waals surface area (Å²) in [6.07, 6.45) is 3.17. The van der Waals surface area contributed by atoms with Gasteiger partial charge in [0.2, 0.25) is 0 Å². The van der Waals surface area contributed by atoms with E-state index in [0.29, 0.717) is 11.8 Å². The number of rotatable bonds is 3. The molecule has 0 bridgehead atoms. The predicted molar refractivity (Wildman–Crippen MR) is 90.4 cm³/mol. The average molecular weight is 305 g/mol. The highest BCUT2D eigenvalue weighted by Gasteiger charge is 2.28. The molecule has 2 nitrogen and oxygen atoms in total. The summed E-state index contributed by atoms with van der Waals surface area (Å²) >= 11 is 1.80. The standard InChI is InChI=1S/C18H27NOS/c1-18(2,3)16-7-10-19(11-8-16)14-17-15(9-13-21-17)6-4-5-12-20/h9,13,16,20H,5,7-8,10-12,14H2,1-3H3. The fourth-order valence-corrected chi connectivity index (χ4v) is 3.82. The van der Waals surface area contributed by atoms with Gasteiger partial charge in [-0.1, -0.05) is 32.6 Å². The van der Waals surface area contributed by atoms with Gasteiger partial charge in [-0.3, -0.25) is 4.90 Å². The molecular weight excluding hydrogens is 278 g/mol. The molecule has 1 aliphatic rings. The Morgan fingerprint density at radius 1 is 1.33 bits per heavy atom. The van der Waals surface area contributed by atoms with E-state index in [1.807, 2.05) is 0 Å². The zero-order valence-corrected chi connectivity index (χ0v) is 14.3. The van der Waals surface area contributed by atoms with Gasteiger partial charge in [0, 0.05) is 23.4 Å². The van der Waals surface area contributed by atoms with E-state index >= 15 is 0 Å². The monoisotopic (exact) mass is 305 g/mol. The van der Waals surface area contributed by atoms with Gasteiger partial charge in [-0.05, 0) is 48.7 Å². The number of likely N-dealkylation sites (tertiary alicyclic amines) is 1. The SMILES string of the molecule is CC(C)(C)C1CCN(Cc2sccc2C#CCCO)CC1. The molecule has 0 saturated carbocycles. The van der Waals surface area contributed by atoms with Gasteiger partial charge in [-0.25, -0.2) is 0 Å². The van der Waals surface area contributed by atoms with Gasteiger partial charge >= 0.3 is 0 Å². The molecule has 1 saturated heterocycles. The third-order valence-electron chi connectivity index (χ3n) is 4.38. The van der Waals surface area contributed by atoms with E-state index in [2.05, 4.69) is 49.0 Å². The highest BCUT2D eigenvalue weighted by molar-refractivity contribution is 7.10. The van der Waals surface area contributed by atoms with Crippen LogP contribution in [0.1, 0.15) is 50.5 Å². The normalized spacial score (nSPS) is 17.5. The third-order valence-corrected chi connectivity index (χ3v) is 5.29. The van der Waals surface area contributed by atoms with Crippen molar-refractivity contribution < 1.29 is 5.11 Å². The first-order valence-electron chi connectivity index (χ1n) is 7.89. The van der Waals surface area contributed by atoms with Crippen molar-refractivity contribution in [1.82, 2.24) is 4.90 Å². The smallest absolute Gasteiger partial charge is 0.0540 e. The van der Waals surface area contributed by atoms with Crippen molar-refractivity contribution in [3.05, 3.63) is 21.9 Å². The fraction of sp³-hybridized carbons (Fsp3) is 0.667. The Hall–Kier alpha value is -0.820. The van der Waals surface area contributed by atoms with E-state index in [1.54, 1.807) is 11.3 Å². The van der Waals surface area contributed by atoms with Gasteiger partial charge in [0.1, 0.15) is 0 Å². The molecule has 0 aliphatic carbocycles. The fourth-order valence-electron chi connectivity index (χ4n) is 2.95. The Labute approximate surface area is 133 Å². The van der Waals surface area contributed by atoms with Crippen LogP contribution in [0.2, 0.25) is 0 Å². The molecular formula is C18H27NOS. The van der Waals surface area contributed by atoms with Crippen molar-refractivity contribution in [2.45, 2.75) is 46.6 Å². The number of hydrogen-bond acceptors (Lipinski definition) is 3. The molecule has 0 unspecified atom stereocenters. The second-order valence-corrected chi connectivity index (χ2v) is 7.95. The van der Waals surface area contributed by atoms with E-state index in [4.69, 9.17) is 5.11 Å². The van der Waals surface area contributed by atoms with Gasteiger partial charge in [0.25, 0.3) is 0 Å². The molecule has 0 amide bonds. The number of aliphatic hydroxyl groups is 1. The topological polar surface area (TPSA) is 23.5 Å². The zero-order chi connectivity index (χ0) is 15.3. The second-order valence-electron chi connectivity index (χ2n) is 6.95. The van der Waals surface area contributed by atoms with Crippen molar-refractivity contribution >= 4 is 11.3 Å². The summed E-state index contributed by atoms with van der Waals surface area (Å²) in [5, 5.41) is 10.9. The molecule has 21 heavy (non-hydrogen) atoms. The molecule has 1 aromatic rings. The lowest BCUT2D eigenvalue weighted by molar-refractivity contribution is 0.108. The van der Waals surface area contributed by atoms with Crippen LogP contribution in [0.25, 0.3) is 0 Å². The third kappa shape index (κ3) is 4.85. The van der Waals surface area contributed by atoms with Crippen LogP contribution < -0.4 is 0 Å². The maximum atomic E-state index is 8.81. The molecule has 1 aromatic heterocycles. The lowest BCUT2D eigenvalue weighted by atomic mass is 9.75. The van der Waals surface area contributed by atoms with Crippen molar-refractivity contribution in [3.63, 3.8) is 0 Å². The van der Waals surface area contributed by atoms with Crippen LogP contribution in [0.4, 0.5) is 0 Å². The minimum Gasteiger partial charge on any atom is -0.395 e. The van der Waals surface area contributed by atoms with Crippen LogP contribution >= 0.6 is 11.3 Å². The van der Waals surface area contributed by atoms with Crippen molar-refractivity contribution in [2.75, 3.05) is 19.7 Å². The van der Waals surface area contributed by atoms with Crippen molar-refractivity contribution in [2.24, 2.45) is 11.3 Å². The average Bonchev–Trinajstić information content (AvgIpc) is 2.86. The number of nitrogens with zero attached hydrogens (tertiary/aromatic N) is 1. The number of hydrogen-bond donors (Lipinski definition) is 1. The number of piperidine rings is 1. The quantitative estimate of drug-likeness (QED) is 0.860. The molecule has 1 fully saturated rings. The lowest BCUT2D eigenvalue weighted by Gasteiger charge is -2.38. The Morgan fingerprint density at radius 3 is 2.67 bits per heavy atom. The molecule has 2 heterocycles. The van der Waals surface area contributed by atoms with Crippen LogP contribution in [-0.2, 0) is 6.54 Å². The lowest BCUT2D eigenvalue weighted by Crippen LogP contribution is -2.37. The van der Waals surface area contributed by atoms with Crippen LogP contribution in [0.5, 0.6) is 0 Å². The number of aliphatic hydroxyl groups excluding tert-OH is 1. The van der Waals surface area contributed by atoms with Gasteiger partial charge in [0.05, 0.1) is 6.61 Å². The van der Waals surface area contributed by atoms with Crippen LogP contribution in [-0.4, -0.2) is 29.7 Å². The maximum absolute atomic E-state index is 8.81. The zero-order valence-electron chi connectivity index (χ0n) is 13.5. The highest BCUT2D eigenvalue weighted by atomic mass is 32.1. The van der Waals surface area contributed by atoms with Gasteiger partial charge in [-0.2, -0.15) is 0 Å². The molecule has 0 radical (unpaired) electrons. The molecule has 1 N–H and O–H groups in total. The molecule has 116 valence electrons. The highest BCUT2D eigenvalue weighted by Crippen LogP contribution is 2.34. The molecule has 3 heteroatoms.